The van der Waals surface area contributed by atoms with Crippen LogP contribution in [0.25, 0.3) is 0 Å². The van der Waals surface area contributed by atoms with Crippen molar-refractivity contribution in [2.75, 3.05) is 7.05 Å². The van der Waals surface area contributed by atoms with Crippen molar-refractivity contribution < 1.29 is 0 Å². The Kier molecular flexibility index (Phi) is 7.86. The summed E-state index contributed by atoms with van der Waals surface area (Å²) in [4.78, 5) is 4.22. The summed E-state index contributed by atoms with van der Waals surface area (Å²) in [7, 11) is 1.76. The van der Waals surface area contributed by atoms with Gasteiger partial charge in [0.05, 0.1) is 6.54 Å². The van der Waals surface area contributed by atoms with Crippen LogP contribution in [0.5, 0.6) is 0 Å². The van der Waals surface area contributed by atoms with Gasteiger partial charge in [-0.1, -0.05) is 24.3 Å². The number of nitrogens with one attached hydrogen (secondary N) is 2. The van der Waals surface area contributed by atoms with Gasteiger partial charge in [-0.25, -0.2) is 0 Å². The molecule has 0 aliphatic heterocycles. The lowest BCUT2D eigenvalue weighted by atomic mass is 10.1. The Hall–Kier alpha value is -1.64. The second-order valence-corrected chi connectivity index (χ2v) is 4.74. The van der Waals surface area contributed by atoms with E-state index in [9.17, 15) is 0 Å². The van der Waals surface area contributed by atoms with Crippen LogP contribution in [0.3, 0.4) is 0 Å². The third-order valence-electron chi connectivity index (χ3n) is 3.38. The lowest BCUT2D eigenvalue weighted by molar-refractivity contribution is 0.670. The van der Waals surface area contributed by atoms with E-state index in [1.807, 2.05) is 16.7 Å². The van der Waals surface area contributed by atoms with E-state index in [4.69, 9.17) is 0 Å². The van der Waals surface area contributed by atoms with Crippen molar-refractivity contribution in [1.29, 1.82) is 0 Å². The molecule has 0 atom stereocenters. The average Bonchev–Trinajstić information content (AvgIpc) is 2.96. The zero-order chi connectivity index (χ0) is 15.1. The fraction of sp³-hybridized carbons (Fsp3) is 0.400. The molecule has 2 aromatic rings. The van der Waals surface area contributed by atoms with Gasteiger partial charge in [0.1, 0.15) is 6.33 Å². The van der Waals surface area contributed by atoms with Gasteiger partial charge in [-0.3, -0.25) is 4.99 Å². The van der Waals surface area contributed by atoms with Crippen LogP contribution in [0.2, 0.25) is 0 Å². The Morgan fingerprint density at radius 2 is 1.95 bits per heavy atom. The molecule has 1 aromatic carbocycles. The fourth-order valence-corrected chi connectivity index (χ4v) is 2.05. The standard InChI is InChI=1S/C15H22N6.HI/c1-4-21-11-19-20-14(21)10-18-15(16-3)17-9-13-8-6-5-7-12(13)2;/h5-8,11H,4,9-10H2,1-3H3,(H2,16,17,18);1H. The Morgan fingerprint density at radius 3 is 2.64 bits per heavy atom. The van der Waals surface area contributed by atoms with Crippen LogP contribution in [0.1, 0.15) is 23.9 Å². The molecule has 0 amide bonds. The Morgan fingerprint density at radius 1 is 1.23 bits per heavy atom. The molecule has 0 aliphatic carbocycles. The predicted molar refractivity (Wildman–Crippen MR) is 99.3 cm³/mol. The summed E-state index contributed by atoms with van der Waals surface area (Å²) < 4.78 is 2.00. The summed E-state index contributed by atoms with van der Waals surface area (Å²) >= 11 is 0. The Balaban J connectivity index is 0.00000242. The SMILES string of the molecule is CCn1cnnc1CNC(=NC)NCc1ccccc1C.I. The number of aromatic nitrogens is 3. The molecule has 1 heterocycles. The van der Waals surface area contributed by atoms with Crippen molar-refractivity contribution in [2.45, 2.75) is 33.5 Å². The minimum atomic E-state index is 0. The van der Waals surface area contributed by atoms with Gasteiger partial charge < -0.3 is 15.2 Å². The number of aliphatic imine (C=N–C) groups is 1. The maximum Gasteiger partial charge on any atom is 0.191 e. The molecule has 120 valence electrons. The third kappa shape index (κ3) is 4.97. The van der Waals surface area contributed by atoms with Gasteiger partial charge >= 0.3 is 0 Å². The number of nitrogens with zero attached hydrogens (tertiary/aromatic N) is 4. The monoisotopic (exact) mass is 414 g/mol. The summed E-state index contributed by atoms with van der Waals surface area (Å²) in [5, 5.41) is 14.6. The molecule has 0 aliphatic rings. The summed E-state index contributed by atoms with van der Waals surface area (Å²) in [5.74, 6) is 1.65. The van der Waals surface area contributed by atoms with Gasteiger partial charge in [0, 0.05) is 20.1 Å². The molecule has 0 unspecified atom stereocenters. The highest BCUT2D eigenvalue weighted by atomic mass is 127. The third-order valence-corrected chi connectivity index (χ3v) is 3.38. The molecule has 0 fully saturated rings. The second-order valence-electron chi connectivity index (χ2n) is 4.74. The maximum atomic E-state index is 4.22. The number of guanidine groups is 1. The van der Waals surface area contributed by atoms with E-state index in [0.717, 1.165) is 24.9 Å². The highest BCUT2D eigenvalue weighted by molar-refractivity contribution is 14.0. The molecule has 7 heteroatoms. The van der Waals surface area contributed by atoms with Crippen molar-refractivity contribution in [1.82, 2.24) is 25.4 Å². The summed E-state index contributed by atoms with van der Waals surface area (Å²) in [6.07, 6.45) is 1.74. The van der Waals surface area contributed by atoms with Crippen molar-refractivity contribution in [3.05, 3.63) is 47.5 Å². The molecule has 2 rings (SSSR count). The van der Waals surface area contributed by atoms with E-state index >= 15 is 0 Å². The summed E-state index contributed by atoms with van der Waals surface area (Å²) in [6, 6.07) is 8.31. The first kappa shape index (κ1) is 18.4. The second kappa shape index (κ2) is 9.39. The van der Waals surface area contributed by atoms with Gasteiger partial charge in [-0.15, -0.1) is 34.2 Å². The number of hydrogen-bond acceptors (Lipinski definition) is 3. The lowest BCUT2D eigenvalue weighted by Gasteiger charge is -2.13. The van der Waals surface area contributed by atoms with Crippen LogP contribution in [-0.2, 0) is 19.6 Å². The molecule has 0 saturated carbocycles. The topological polar surface area (TPSA) is 67.1 Å². The average molecular weight is 414 g/mol. The number of hydrogen-bond donors (Lipinski definition) is 2. The largest absolute Gasteiger partial charge is 0.352 e. The molecule has 0 saturated heterocycles. The van der Waals surface area contributed by atoms with Gasteiger partial charge in [0.25, 0.3) is 0 Å². The minimum Gasteiger partial charge on any atom is -0.352 e. The first-order chi connectivity index (χ1) is 10.2. The number of halogens is 1. The molecule has 0 bridgehead atoms. The molecule has 6 nitrogen and oxygen atoms in total. The zero-order valence-corrected chi connectivity index (χ0v) is 15.5. The summed E-state index contributed by atoms with van der Waals surface area (Å²) in [6.45, 7) is 6.38. The Bertz CT molecular complexity index is 608. The van der Waals surface area contributed by atoms with Crippen molar-refractivity contribution >= 4 is 29.9 Å². The number of benzene rings is 1. The van der Waals surface area contributed by atoms with E-state index in [1.54, 1.807) is 13.4 Å². The van der Waals surface area contributed by atoms with E-state index in [-0.39, 0.29) is 24.0 Å². The number of rotatable bonds is 5. The fourth-order valence-electron chi connectivity index (χ4n) is 2.05. The first-order valence-corrected chi connectivity index (χ1v) is 7.10. The molecule has 0 radical (unpaired) electrons. The molecular weight excluding hydrogens is 391 g/mol. The van der Waals surface area contributed by atoms with E-state index in [1.165, 1.54) is 11.1 Å². The zero-order valence-electron chi connectivity index (χ0n) is 13.2. The van der Waals surface area contributed by atoms with E-state index < -0.39 is 0 Å². The normalized spacial score (nSPS) is 11.0. The highest BCUT2D eigenvalue weighted by Crippen LogP contribution is 2.05. The van der Waals surface area contributed by atoms with Crippen molar-refractivity contribution in [3.63, 3.8) is 0 Å². The van der Waals surface area contributed by atoms with Gasteiger partial charge in [0.15, 0.2) is 11.8 Å². The van der Waals surface area contributed by atoms with E-state index in [0.29, 0.717) is 6.54 Å². The van der Waals surface area contributed by atoms with Gasteiger partial charge in [-0.2, -0.15) is 0 Å². The van der Waals surface area contributed by atoms with Crippen LogP contribution >= 0.6 is 24.0 Å². The molecule has 0 spiro atoms. The Labute approximate surface area is 148 Å². The quantitative estimate of drug-likeness (QED) is 0.447. The van der Waals surface area contributed by atoms with Crippen LogP contribution in [0.4, 0.5) is 0 Å². The lowest BCUT2D eigenvalue weighted by Crippen LogP contribution is -2.37. The first-order valence-electron chi connectivity index (χ1n) is 7.10. The minimum absolute atomic E-state index is 0. The molecule has 1 aromatic heterocycles. The number of aryl methyl sites for hydroxylation is 2. The van der Waals surface area contributed by atoms with Crippen LogP contribution in [0, 0.1) is 6.92 Å². The van der Waals surface area contributed by atoms with E-state index in [2.05, 4.69) is 51.8 Å². The van der Waals surface area contributed by atoms with Crippen molar-refractivity contribution in [2.24, 2.45) is 4.99 Å². The van der Waals surface area contributed by atoms with Crippen LogP contribution in [0.15, 0.2) is 35.6 Å². The van der Waals surface area contributed by atoms with Crippen LogP contribution < -0.4 is 10.6 Å². The maximum absolute atomic E-state index is 4.22. The van der Waals surface area contributed by atoms with Crippen molar-refractivity contribution in [3.8, 4) is 0 Å². The van der Waals surface area contributed by atoms with Gasteiger partial charge in [0.2, 0.25) is 0 Å². The predicted octanol–water partition coefficient (Wildman–Crippen LogP) is 2.09. The van der Waals surface area contributed by atoms with Gasteiger partial charge in [-0.05, 0) is 25.0 Å². The molecular formula is C15H23IN6. The smallest absolute Gasteiger partial charge is 0.191 e. The molecule has 22 heavy (non-hydrogen) atoms. The summed E-state index contributed by atoms with van der Waals surface area (Å²) in [5.41, 5.74) is 2.53. The highest BCUT2D eigenvalue weighted by Gasteiger charge is 2.04. The van der Waals surface area contributed by atoms with Crippen LogP contribution in [-0.4, -0.2) is 27.8 Å². The molecule has 2 N–H and O–H groups in total.